The molecule has 2 aliphatic rings. The van der Waals surface area contributed by atoms with Crippen molar-refractivity contribution in [2.24, 2.45) is 5.92 Å². The largest absolute Gasteiger partial charge is 0.389 e. The van der Waals surface area contributed by atoms with Gasteiger partial charge < -0.3 is 24.8 Å². The van der Waals surface area contributed by atoms with Crippen LogP contribution < -0.4 is 0 Å². The van der Waals surface area contributed by atoms with Crippen molar-refractivity contribution in [2.75, 3.05) is 6.61 Å². The molecule has 118 valence electrons. The van der Waals surface area contributed by atoms with E-state index in [4.69, 9.17) is 9.47 Å². The Balaban J connectivity index is 2.22. The van der Waals surface area contributed by atoms with Crippen LogP contribution in [0.2, 0.25) is 0 Å². The molecule has 1 fully saturated rings. The average Bonchev–Trinajstić information content (AvgIpc) is 2.73. The summed E-state index contributed by atoms with van der Waals surface area (Å²) in [5, 5.41) is 30.8. The van der Waals surface area contributed by atoms with Crippen LogP contribution in [0.15, 0.2) is 28.9 Å². The quantitative estimate of drug-likeness (QED) is 0.488. The monoisotopic (exact) mass is 360 g/mol. The fourth-order valence-corrected chi connectivity index (χ4v) is 2.76. The molecule has 0 spiro atoms. The van der Waals surface area contributed by atoms with Crippen LogP contribution in [0, 0.1) is 5.92 Å². The van der Waals surface area contributed by atoms with E-state index in [0.29, 0.717) is 6.42 Å². The average molecular weight is 361 g/mol. The lowest BCUT2D eigenvalue weighted by atomic mass is 9.96. The first kappa shape index (κ1) is 16.9. The summed E-state index contributed by atoms with van der Waals surface area (Å²) >= 11 is 3.13. The molecule has 1 saturated heterocycles. The molecule has 2 aliphatic heterocycles. The van der Waals surface area contributed by atoms with Crippen molar-refractivity contribution >= 4 is 15.9 Å². The topological polar surface area (TPSA) is 79.2 Å². The van der Waals surface area contributed by atoms with Crippen LogP contribution in [0.5, 0.6) is 0 Å². The predicted octanol–water partition coefficient (Wildman–Crippen LogP) is 1.58. The molecule has 0 aromatic carbocycles. The Bertz CT molecular complexity index is 459. The van der Waals surface area contributed by atoms with Gasteiger partial charge in [0.15, 0.2) is 11.6 Å². The van der Waals surface area contributed by atoms with E-state index in [-0.39, 0.29) is 31.5 Å². The molecule has 3 N–H and O–H groups in total. The van der Waals surface area contributed by atoms with Gasteiger partial charge in [0.1, 0.15) is 6.10 Å². The van der Waals surface area contributed by atoms with Crippen LogP contribution in [-0.4, -0.2) is 45.7 Å². The number of aliphatic hydroxyl groups excluding tert-OH is 1. The van der Waals surface area contributed by atoms with Crippen LogP contribution in [0.25, 0.3) is 0 Å². The molecule has 2 bridgehead atoms. The van der Waals surface area contributed by atoms with Gasteiger partial charge in [0, 0.05) is 30.2 Å². The Labute approximate surface area is 132 Å². The summed E-state index contributed by atoms with van der Waals surface area (Å²) in [5.41, 5.74) is 2.86. The van der Waals surface area contributed by atoms with E-state index in [1.54, 1.807) is 23.2 Å². The Kier molecular flexibility index (Phi) is 5.43. The van der Waals surface area contributed by atoms with Crippen molar-refractivity contribution in [2.45, 2.75) is 50.0 Å². The van der Waals surface area contributed by atoms with Crippen molar-refractivity contribution in [3.05, 3.63) is 28.9 Å². The van der Waals surface area contributed by atoms with E-state index >= 15 is 0 Å². The number of hydrogen-bond acceptors (Lipinski definition) is 5. The van der Waals surface area contributed by atoms with Crippen LogP contribution >= 0.6 is 15.9 Å². The standard InChI is InChI=1S/C15H21BrO5/c1-11-10-20-13(3-2-8-16)5-4-12(17)9-14(18)6-7-15(11,19)21-14/h3-5,8,11-13,17-19H,6-7,9-10H2,1H3/t2?,11-,12-,13+,14-,15-/m0/s1. The second kappa shape index (κ2) is 6.75. The maximum absolute atomic E-state index is 10.5. The normalized spacial score (nSPS) is 43.8. The van der Waals surface area contributed by atoms with Gasteiger partial charge in [0.25, 0.3) is 0 Å². The summed E-state index contributed by atoms with van der Waals surface area (Å²) in [6, 6.07) is 0. The molecule has 0 saturated carbocycles. The molecule has 0 radical (unpaired) electrons. The molecule has 5 nitrogen and oxygen atoms in total. The molecule has 0 amide bonds. The lowest BCUT2D eigenvalue weighted by Crippen LogP contribution is -2.43. The highest BCUT2D eigenvalue weighted by Crippen LogP contribution is 2.42. The van der Waals surface area contributed by atoms with Crippen LogP contribution in [-0.2, 0) is 9.47 Å². The Morgan fingerprint density at radius 1 is 1.33 bits per heavy atom. The molecule has 5 atom stereocenters. The zero-order valence-corrected chi connectivity index (χ0v) is 13.5. The van der Waals surface area contributed by atoms with E-state index in [1.807, 2.05) is 6.92 Å². The molecule has 0 aromatic heterocycles. The molecule has 2 rings (SSSR count). The minimum atomic E-state index is -1.50. The third-order valence-corrected chi connectivity index (χ3v) is 4.19. The second-order valence-corrected chi connectivity index (χ2v) is 6.15. The predicted molar refractivity (Wildman–Crippen MR) is 80.5 cm³/mol. The Morgan fingerprint density at radius 2 is 2.10 bits per heavy atom. The Morgan fingerprint density at radius 3 is 2.81 bits per heavy atom. The molecular formula is C15H21BrO5. The molecule has 2 heterocycles. The van der Waals surface area contributed by atoms with Crippen LogP contribution in [0.1, 0.15) is 26.2 Å². The summed E-state index contributed by atoms with van der Waals surface area (Å²) in [6.07, 6.45) is 4.33. The van der Waals surface area contributed by atoms with Gasteiger partial charge in [0.05, 0.1) is 12.7 Å². The van der Waals surface area contributed by atoms with Crippen molar-refractivity contribution < 1.29 is 24.8 Å². The van der Waals surface area contributed by atoms with E-state index in [9.17, 15) is 15.3 Å². The van der Waals surface area contributed by atoms with Crippen molar-refractivity contribution in [1.29, 1.82) is 0 Å². The smallest absolute Gasteiger partial charge is 0.173 e. The highest BCUT2D eigenvalue weighted by Gasteiger charge is 2.51. The summed E-state index contributed by atoms with van der Waals surface area (Å²) in [5.74, 6) is -3.24. The van der Waals surface area contributed by atoms with Crippen molar-refractivity contribution in [3.8, 4) is 0 Å². The number of halogens is 1. The summed E-state index contributed by atoms with van der Waals surface area (Å²) < 4.78 is 11.2. The lowest BCUT2D eigenvalue weighted by molar-refractivity contribution is -0.314. The highest BCUT2D eigenvalue weighted by atomic mass is 79.9. The molecule has 6 heteroatoms. The molecule has 0 aliphatic carbocycles. The fourth-order valence-electron chi connectivity index (χ4n) is 2.60. The summed E-state index contributed by atoms with van der Waals surface area (Å²) in [4.78, 5) is 1.58. The zero-order chi connectivity index (χ0) is 15.5. The Hall–Kier alpha value is -0.460. The summed E-state index contributed by atoms with van der Waals surface area (Å²) in [6.45, 7) is 2.07. The number of fused-ring (bicyclic) bond motifs is 2. The van der Waals surface area contributed by atoms with E-state index in [2.05, 4.69) is 21.7 Å². The van der Waals surface area contributed by atoms with Gasteiger partial charge in [-0.15, -0.1) is 5.73 Å². The number of ether oxygens (including phenoxy) is 2. The van der Waals surface area contributed by atoms with E-state index in [1.165, 1.54) is 0 Å². The maximum atomic E-state index is 10.5. The van der Waals surface area contributed by atoms with Gasteiger partial charge in [-0.1, -0.05) is 35.0 Å². The fraction of sp³-hybridized carbons (Fsp3) is 0.667. The van der Waals surface area contributed by atoms with Crippen molar-refractivity contribution in [1.82, 2.24) is 0 Å². The minimum Gasteiger partial charge on any atom is -0.389 e. The van der Waals surface area contributed by atoms with Crippen molar-refractivity contribution in [3.63, 3.8) is 0 Å². The lowest BCUT2D eigenvalue weighted by Gasteiger charge is -2.32. The third-order valence-electron chi connectivity index (χ3n) is 3.92. The molecular weight excluding hydrogens is 340 g/mol. The molecule has 0 aromatic rings. The SMILES string of the molecule is C[C@H]1CO[C@H](C=C=CBr)C=C[C@H](O)C[C@]2(O)CC[C@]1(O)O2. The van der Waals surface area contributed by atoms with E-state index < -0.39 is 17.7 Å². The summed E-state index contributed by atoms with van der Waals surface area (Å²) in [7, 11) is 0. The van der Waals surface area contributed by atoms with Gasteiger partial charge >= 0.3 is 0 Å². The van der Waals surface area contributed by atoms with Gasteiger partial charge in [0.2, 0.25) is 0 Å². The van der Waals surface area contributed by atoms with Crippen LogP contribution in [0.4, 0.5) is 0 Å². The van der Waals surface area contributed by atoms with Gasteiger partial charge in [-0.2, -0.15) is 0 Å². The third kappa shape index (κ3) is 4.27. The second-order valence-electron chi connectivity index (χ2n) is 5.69. The number of rotatable bonds is 1. The van der Waals surface area contributed by atoms with Gasteiger partial charge in [-0.05, 0) is 6.08 Å². The van der Waals surface area contributed by atoms with Gasteiger partial charge in [-0.3, -0.25) is 0 Å². The zero-order valence-electron chi connectivity index (χ0n) is 11.9. The molecule has 0 unspecified atom stereocenters. The molecule has 21 heavy (non-hydrogen) atoms. The minimum absolute atomic E-state index is 0.0171. The number of aliphatic hydroxyl groups is 3. The first-order valence-corrected chi connectivity index (χ1v) is 7.93. The first-order chi connectivity index (χ1) is 9.87. The first-order valence-electron chi connectivity index (χ1n) is 7.01. The van der Waals surface area contributed by atoms with E-state index in [0.717, 1.165) is 0 Å². The highest BCUT2D eigenvalue weighted by molar-refractivity contribution is 9.11. The van der Waals surface area contributed by atoms with Gasteiger partial charge in [-0.25, -0.2) is 0 Å². The van der Waals surface area contributed by atoms with Crippen LogP contribution in [0.3, 0.4) is 0 Å². The maximum Gasteiger partial charge on any atom is 0.173 e. The number of hydrogen-bond donors (Lipinski definition) is 3.